The molecule has 0 radical (unpaired) electrons. The molecular formula is C24H21FN4O. The number of carbonyl (C=O) groups excluding carboxylic acids is 1. The number of fused-ring (bicyclic) bond motifs is 1. The van der Waals surface area contributed by atoms with Crippen LogP contribution in [0.25, 0.3) is 0 Å². The molecule has 0 bridgehead atoms. The lowest BCUT2D eigenvalue weighted by molar-refractivity contribution is 0.0975. The summed E-state index contributed by atoms with van der Waals surface area (Å²) < 4.78 is 13.5. The fourth-order valence-corrected chi connectivity index (χ4v) is 3.61. The van der Waals surface area contributed by atoms with Crippen molar-refractivity contribution in [1.29, 1.82) is 5.26 Å². The van der Waals surface area contributed by atoms with Crippen LogP contribution >= 0.6 is 0 Å². The lowest BCUT2D eigenvalue weighted by Crippen LogP contribution is -2.43. The van der Waals surface area contributed by atoms with Gasteiger partial charge in [-0.15, -0.1) is 0 Å². The first-order chi connectivity index (χ1) is 14.6. The second-order valence-corrected chi connectivity index (χ2v) is 7.17. The number of hydrogen-bond donors (Lipinski definition) is 1. The van der Waals surface area contributed by atoms with Crippen LogP contribution in [0.5, 0.6) is 0 Å². The molecule has 150 valence electrons. The van der Waals surface area contributed by atoms with E-state index in [1.807, 2.05) is 54.4 Å². The van der Waals surface area contributed by atoms with Gasteiger partial charge in [-0.1, -0.05) is 24.3 Å². The number of nitriles is 1. The van der Waals surface area contributed by atoms with Crippen molar-refractivity contribution in [3.8, 4) is 6.07 Å². The first kappa shape index (κ1) is 19.5. The molecule has 1 aliphatic rings. The van der Waals surface area contributed by atoms with Crippen LogP contribution < -0.4 is 15.1 Å². The molecule has 1 amide bonds. The smallest absolute Gasteiger partial charge is 0.262 e. The Hall–Kier alpha value is -3.85. The van der Waals surface area contributed by atoms with E-state index < -0.39 is 6.17 Å². The van der Waals surface area contributed by atoms with Crippen LogP contribution in [0.15, 0.2) is 72.8 Å². The van der Waals surface area contributed by atoms with E-state index in [0.29, 0.717) is 24.2 Å². The predicted octanol–water partition coefficient (Wildman–Crippen LogP) is 4.95. The maximum absolute atomic E-state index is 13.5. The highest BCUT2D eigenvalue weighted by molar-refractivity contribution is 6.12. The number of amides is 1. The van der Waals surface area contributed by atoms with Gasteiger partial charge in [0.1, 0.15) is 12.0 Å². The van der Waals surface area contributed by atoms with Crippen molar-refractivity contribution in [2.45, 2.75) is 12.6 Å². The Morgan fingerprint density at radius 2 is 1.77 bits per heavy atom. The molecule has 0 spiro atoms. The lowest BCUT2D eigenvalue weighted by atomic mass is 10.0. The highest BCUT2D eigenvalue weighted by atomic mass is 19.1. The molecule has 30 heavy (non-hydrogen) atoms. The first-order valence-corrected chi connectivity index (χ1v) is 9.71. The summed E-state index contributed by atoms with van der Waals surface area (Å²) in [6, 6.07) is 23.3. The van der Waals surface area contributed by atoms with Gasteiger partial charge in [0.15, 0.2) is 0 Å². The molecule has 3 aromatic carbocycles. The van der Waals surface area contributed by atoms with E-state index in [-0.39, 0.29) is 11.7 Å². The number of hydrogen-bond acceptors (Lipinski definition) is 4. The predicted molar refractivity (Wildman–Crippen MR) is 116 cm³/mol. The Morgan fingerprint density at radius 1 is 1.07 bits per heavy atom. The van der Waals surface area contributed by atoms with Crippen LogP contribution in [0, 0.1) is 17.1 Å². The number of halogens is 1. The molecule has 1 heterocycles. The molecule has 3 aromatic rings. The van der Waals surface area contributed by atoms with Crippen LogP contribution in [-0.4, -0.2) is 19.5 Å². The van der Waals surface area contributed by atoms with E-state index in [1.165, 1.54) is 12.1 Å². The van der Waals surface area contributed by atoms with Crippen molar-refractivity contribution in [2.24, 2.45) is 0 Å². The minimum absolute atomic E-state index is 0.142. The topological polar surface area (TPSA) is 59.4 Å². The third-order valence-electron chi connectivity index (χ3n) is 5.24. The zero-order valence-corrected chi connectivity index (χ0v) is 16.5. The molecule has 1 N–H and O–H groups in total. The summed E-state index contributed by atoms with van der Waals surface area (Å²) in [5, 5.41) is 12.2. The molecule has 0 fully saturated rings. The van der Waals surface area contributed by atoms with Crippen LogP contribution in [-0.2, 0) is 0 Å². The number of nitrogens with zero attached hydrogens (tertiary/aromatic N) is 3. The molecule has 5 nitrogen and oxygen atoms in total. The third-order valence-corrected chi connectivity index (χ3v) is 5.24. The van der Waals surface area contributed by atoms with E-state index in [9.17, 15) is 9.18 Å². The van der Waals surface area contributed by atoms with Gasteiger partial charge in [0.2, 0.25) is 0 Å². The van der Waals surface area contributed by atoms with Gasteiger partial charge < -0.3 is 10.2 Å². The standard InChI is InChI=1S/C24H21FN4O/c1-28(16-4-15-26)19-11-7-17(8-12-19)23-27-22-6-3-2-5-21(22)24(30)29(23)20-13-9-18(25)10-14-20/h2-3,5-14,23,27H,4,16H2,1H3/t23-/m1/s1. The van der Waals surface area contributed by atoms with Gasteiger partial charge in [0.25, 0.3) is 5.91 Å². The Labute approximate surface area is 175 Å². The second kappa shape index (κ2) is 8.26. The fraction of sp³-hybridized carbons (Fsp3) is 0.167. The number of nitrogens with one attached hydrogen (secondary N) is 1. The van der Waals surface area contributed by atoms with E-state index in [1.54, 1.807) is 23.1 Å². The molecule has 1 aliphatic heterocycles. The summed E-state index contributed by atoms with van der Waals surface area (Å²) in [5.41, 5.74) is 3.85. The quantitative estimate of drug-likeness (QED) is 0.659. The van der Waals surface area contributed by atoms with Crippen LogP contribution in [0.1, 0.15) is 28.5 Å². The molecule has 0 saturated heterocycles. The number of para-hydroxylation sites is 1. The van der Waals surface area contributed by atoms with Crippen molar-refractivity contribution in [3.63, 3.8) is 0 Å². The summed E-state index contributed by atoms with van der Waals surface area (Å²) in [7, 11) is 1.94. The Bertz CT molecular complexity index is 1090. The SMILES string of the molecule is CN(CCC#N)c1ccc([C@@H]2Nc3ccccc3C(=O)N2c2ccc(F)cc2)cc1. The highest BCUT2D eigenvalue weighted by Crippen LogP contribution is 2.37. The van der Waals surface area contributed by atoms with Gasteiger partial charge in [0, 0.05) is 30.7 Å². The minimum Gasteiger partial charge on any atom is -0.374 e. The molecule has 0 aromatic heterocycles. The fourth-order valence-electron chi connectivity index (χ4n) is 3.61. The highest BCUT2D eigenvalue weighted by Gasteiger charge is 2.34. The Morgan fingerprint density at radius 3 is 2.47 bits per heavy atom. The van der Waals surface area contributed by atoms with E-state index in [0.717, 1.165) is 16.9 Å². The molecule has 6 heteroatoms. The molecule has 0 unspecified atom stereocenters. The van der Waals surface area contributed by atoms with Crippen molar-refractivity contribution in [2.75, 3.05) is 28.7 Å². The minimum atomic E-state index is -0.434. The number of benzene rings is 3. The maximum atomic E-state index is 13.5. The molecular weight excluding hydrogens is 379 g/mol. The summed E-state index contributed by atoms with van der Waals surface area (Å²) in [4.78, 5) is 17.0. The van der Waals surface area contributed by atoms with Crippen LogP contribution in [0.3, 0.4) is 0 Å². The molecule has 0 saturated carbocycles. The van der Waals surface area contributed by atoms with Crippen molar-refractivity contribution < 1.29 is 9.18 Å². The van der Waals surface area contributed by atoms with Gasteiger partial charge >= 0.3 is 0 Å². The lowest BCUT2D eigenvalue weighted by Gasteiger charge is -2.38. The van der Waals surface area contributed by atoms with Crippen molar-refractivity contribution in [1.82, 2.24) is 0 Å². The Kier molecular flexibility index (Phi) is 5.36. The van der Waals surface area contributed by atoms with Gasteiger partial charge in [-0.25, -0.2) is 4.39 Å². The average molecular weight is 400 g/mol. The monoisotopic (exact) mass is 400 g/mol. The average Bonchev–Trinajstić information content (AvgIpc) is 2.78. The third kappa shape index (κ3) is 3.70. The van der Waals surface area contributed by atoms with Gasteiger partial charge in [0.05, 0.1) is 18.1 Å². The summed E-state index contributed by atoms with van der Waals surface area (Å²) in [6.07, 6.45) is 0.0165. The Balaban J connectivity index is 1.71. The molecule has 4 rings (SSSR count). The van der Waals surface area contributed by atoms with E-state index in [2.05, 4.69) is 11.4 Å². The number of carbonyl (C=O) groups is 1. The van der Waals surface area contributed by atoms with Gasteiger partial charge in [-0.3, -0.25) is 9.69 Å². The largest absolute Gasteiger partial charge is 0.374 e. The van der Waals surface area contributed by atoms with Crippen LogP contribution in [0.4, 0.5) is 21.5 Å². The van der Waals surface area contributed by atoms with Crippen molar-refractivity contribution >= 4 is 23.0 Å². The van der Waals surface area contributed by atoms with Crippen LogP contribution in [0.2, 0.25) is 0 Å². The normalized spacial score (nSPS) is 15.2. The van der Waals surface area contributed by atoms with Crippen molar-refractivity contribution in [3.05, 3.63) is 89.7 Å². The summed E-state index contributed by atoms with van der Waals surface area (Å²) in [5.74, 6) is -0.492. The number of rotatable bonds is 5. The second-order valence-electron chi connectivity index (χ2n) is 7.17. The number of anilines is 3. The van der Waals surface area contributed by atoms with Gasteiger partial charge in [-0.05, 0) is 54.1 Å². The maximum Gasteiger partial charge on any atom is 0.262 e. The summed E-state index contributed by atoms with van der Waals surface area (Å²) in [6.45, 7) is 0.644. The summed E-state index contributed by atoms with van der Waals surface area (Å²) >= 11 is 0. The zero-order chi connectivity index (χ0) is 21.1. The van der Waals surface area contributed by atoms with E-state index >= 15 is 0 Å². The van der Waals surface area contributed by atoms with E-state index in [4.69, 9.17) is 5.26 Å². The molecule has 0 aliphatic carbocycles. The molecule has 1 atom stereocenters. The van der Waals surface area contributed by atoms with Gasteiger partial charge in [-0.2, -0.15) is 5.26 Å². The first-order valence-electron chi connectivity index (χ1n) is 9.71. The zero-order valence-electron chi connectivity index (χ0n) is 16.5.